The van der Waals surface area contributed by atoms with Crippen LogP contribution >= 0.6 is 0 Å². The van der Waals surface area contributed by atoms with Gasteiger partial charge in [-0.1, -0.05) is 43.7 Å². The van der Waals surface area contributed by atoms with E-state index in [1.54, 1.807) is 26.6 Å². The summed E-state index contributed by atoms with van der Waals surface area (Å²) < 4.78 is 17.3. The second-order valence-electron chi connectivity index (χ2n) is 8.93. The van der Waals surface area contributed by atoms with Crippen LogP contribution in [-0.4, -0.2) is 20.1 Å². The van der Waals surface area contributed by atoms with Crippen LogP contribution in [0.5, 0.6) is 11.5 Å². The Morgan fingerprint density at radius 3 is 2.47 bits per heavy atom. The standard InChI is InChI=1S/C31H33NO4/c1-6-7-10-22-13-15-23(16-14-22)32-29(33)17-20(2)25-18-26-27(24-11-8-9-12-28(24)34-4)19-36-31(26)21(3)30(25)35-5/h8-9,11-19H,6-7,10H2,1-5H3,(H,32,33)/b20-17+. The molecule has 0 fully saturated rings. The van der Waals surface area contributed by atoms with Gasteiger partial charge in [-0.2, -0.15) is 0 Å². The largest absolute Gasteiger partial charge is 0.496 e. The number of aryl methyl sites for hydroxylation is 2. The summed E-state index contributed by atoms with van der Waals surface area (Å²) >= 11 is 0. The number of rotatable bonds is 9. The van der Waals surface area contributed by atoms with Crippen molar-refractivity contribution in [2.24, 2.45) is 0 Å². The third kappa shape index (κ3) is 5.15. The minimum Gasteiger partial charge on any atom is -0.496 e. The molecule has 0 saturated carbocycles. The number of nitrogens with one attached hydrogen (secondary N) is 1. The topological polar surface area (TPSA) is 60.7 Å². The number of unbranched alkanes of at least 4 members (excludes halogenated alkanes) is 1. The minimum atomic E-state index is -0.189. The summed E-state index contributed by atoms with van der Waals surface area (Å²) in [6.07, 6.45) is 6.73. The van der Waals surface area contributed by atoms with Gasteiger partial charge in [0.2, 0.25) is 5.91 Å². The molecule has 4 aromatic rings. The molecule has 3 aromatic carbocycles. The summed E-state index contributed by atoms with van der Waals surface area (Å²) in [5, 5.41) is 3.91. The van der Waals surface area contributed by atoms with E-state index < -0.39 is 0 Å². The maximum absolute atomic E-state index is 12.9. The van der Waals surface area contributed by atoms with Gasteiger partial charge in [0.1, 0.15) is 17.1 Å². The van der Waals surface area contributed by atoms with Crippen molar-refractivity contribution >= 4 is 28.1 Å². The highest BCUT2D eigenvalue weighted by atomic mass is 16.5. The number of hydrogen-bond acceptors (Lipinski definition) is 4. The number of fused-ring (bicyclic) bond motifs is 1. The predicted octanol–water partition coefficient (Wildman–Crippen LogP) is 7.81. The van der Waals surface area contributed by atoms with E-state index in [1.165, 1.54) is 5.56 Å². The fourth-order valence-electron chi connectivity index (χ4n) is 4.54. The Balaban J connectivity index is 1.67. The van der Waals surface area contributed by atoms with Crippen molar-refractivity contribution in [3.05, 3.63) is 83.6 Å². The second kappa shape index (κ2) is 11.2. The molecule has 5 heteroatoms. The van der Waals surface area contributed by atoms with Gasteiger partial charge in [0, 0.05) is 39.4 Å². The van der Waals surface area contributed by atoms with Crippen LogP contribution in [-0.2, 0) is 11.2 Å². The Morgan fingerprint density at radius 1 is 1.03 bits per heavy atom. The number of carbonyl (C=O) groups excluding carboxylic acids is 1. The van der Waals surface area contributed by atoms with Crippen LogP contribution in [0, 0.1) is 6.92 Å². The van der Waals surface area contributed by atoms with E-state index in [-0.39, 0.29) is 5.91 Å². The van der Waals surface area contributed by atoms with E-state index in [9.17, 15) is 4.79 Å². The zero-order chi connectivity index (χ0) is 25.7. The number of furan rings is 1. The lowest BCUT2D eigenvalue weighted by Gasteiger charge is -2.14. The van der Waals surface area contributed by atoms with Crippen LogP contribution in [0.25, 0.3) is 27.7 Å². The Bertz CT molecular complexity index is 1400. The monoisotopic (exact) mass is 483 g/mol. The van der Waals surface area contributed by atoms with E-state index in [1.807, 2.05) is 56.3 Å². The van der Waals surface area contributed by atoms with Gasteiger partial charge in [0.15, 0.2) is 0 Å². The van der Waals surface area contributed by atoms with Crippen LogP contribution < -0.4 is 14.8 Å². The zero-order valence-electron chi connectivity index (χ0n) is 21.6. The molecule has 0 bridgehead atoms. The van der Waals surface area contributed by atoms with Crippen molar-refractivity contribution in [1.82, 2.24) is 0 Å². The number of methoxy groups -OCH3 is 2. The molecule has 0 aliphatic heterocycles. The first-order valence-electron chi connectivity index (χ1n) is 12.3. The smallest absolute Gasteiger partial charge is 0.248 e. The highest BCUT2D eigenvalue weighted by Crippen LogP contribution is 2.42. The summed E-state index contributed by atoms with van der Waals surface area (Å²) in [5.41, 5.74) is 7.17. The van der Waals surface area contributed by atoms with E-state index in [0.717, 1.165) is 69.5 Å². The molecule has 0 saturated heterocycles. The number of para-hydroxylation sites is 1. The van der Waals surface area contributed by atoms with Crippen LogP contribution in [0.2, 0.25) is 0 Å². The van der Waals surface area contributed by atoms with Crippen molar-refractivity contribution in [3.8, 4) is 22.6 Å². The summed E-state index contributed by atoms with van der Waals surface area (Å²) in [7, 11) is 3.29. The van der Waals surface area contributed by atoms with Crippen molar-refractivity contribution < 1.29 is 18.7 Å². The first kappa shape index (κ1) is 25.1. The summed E-state index contributed by atoms with van der Waals surface area (Å²) in [6.45, 7) is 6.07. The lowest BCUT2D eigenvalue weighted by Crippen LogP contribution is -2.08. The minimum absolute atomic E-state index is 0.189. The van der Waals surface area contributed by atoms with Crippen molar-refractivity contribution in [2.45, 2.75) is 40.0 Å². The Hall–Kier alpha value is -3.99. The Kier molecular flexibility index (Phi) is 7.79. The number of benzene rings is 3. The number of carbonyl (C=O) groups is 1. The molecule has 36 heavy (non-hydrogen) atoms. The van der Waals surface area contributed by atoms with E-state index in [2.05, 4.69) is 24.4 Å². The number of anilines is 1. The van der Waals surface area contributed by atoms with Gasteiger partial charge < -0.3 is 19.2 Å². The zero-order valence-corrected chi connectivity index (χ0v) is 21.6. The van der Waals surface area contributed by atoms with Gasteiger partial charge in [-0.25, -0.2) is 0 Å². The highest BCUT2D eigenvalue weighted by Gasteiger charge is 2.20. The summed E-state index contributed by atoms with van der Waals surface area (Å²) in [5.74, 6) is 1.26. The van der Waals surface area contributed by atoms with Gasteiger partial charge in [-0.05, 0) is 62.1 Å². The van der Waals surface area contributed by atoms with Gasteiger partial charge in [0.25, 0.3) is 0 Å². The fraction of sp³-hybridized carbons (Fsp3) is 0.258. The van der Waals surface area contributed by atoms with Crippen molar-refractivity contribution in [3.63, 3.8) is 0 Å². The average molecular weight is 484 g/mol. The third-order valence-electron chi connectivity index (χ3n) is 6.46. The van der Waals surface area contributed by atoms with Crippen molar-refractivity contribution in [2.75, 3.05) is 19.5 Å². The fourth-order valence-corrected chi connectivity index (χ4v) is 4.54. The SMILES string of the molecule is CCCCc1ccc(NC(=O)/C=C(\C)c2cc3c(-c4ccccc4OC)coc3c(C)c2OC)cc1. The second-order valence-corrected chi connectivity index (χ2v) is 8.93. The molecule has 0 radical (unpaired) electrons. The van der Waals surface area contributed by atoms with Crippen LogP contribution in [0.15, 0.2) is 71.4 Å². The Labute approximate surface area is 212 Å². The molecule has 1 aromatic heterocycles. The molecule has 0 aliphatic carbocycles. The maximum atomic E-state index is 12.9. The van der Waals surface area contributed by atoms with Gasteiger partial charge >= 0.3 is 0 Å². The molecule has 1 amide bonds. The molecule has 186 valence electrons. The first-order chi connectivity index (χ1) is 17.5. The predicted molar refractivity (Wildman–Crippen MR) is 147 cm³/mol. The molecule has 0 unspecified atom stereocenters. The van der Waals surface area contributed by atoms with E-state index in [0.29, 0.717) is 5.75 Å². The maximum Gasteiger partial charge on any atom is 0.248 e. The first-order valence-corrected chi connectivity index (χ1v) is 12.3. The summed E-state index contributed by atoms with van der Waals surface area (Å²) in [4.78, 5) is 12.9. The molecule has 0 atom stereocenters. The van der Waals surface area contributed by atoms with Crippen LogP contribution in [0.4, 0.5) is 5.69 Å². The number of hydrogen-bond donors (Lipinski definition) is 1. The average Bonchev–Trinajstić information content (AvgIpc) is 3.32. The molecular weight excluding hydrogens is 450 g/mol. The lowest BCUT2D eigenvalue weighted by molar-refractivity contribution is -0.111. The van der Waals surface area contributed by atoms with Crippen LogP contribution in [0.1, 0.15) is 43.4 Å². The molecule has 1 N–H and O–H groups in total. The number of amides is 1. The van der Waals surface area contributed by atoms with Gasteiger partial charge in [0.05, 0.1) is 20.5 Å². The van der Waals surface area contributed by atoms with Crippen molar-refractivity contribution in [1.29, 1.82) is 0 Å². The van der Waals surface area contributed by atoms with Gasteiger partial charge in [-0.3, -0.25) is 4.79 Å². The molecular formula is C31H33NO4. The molecule has 5 nitrogen and oxygen atoms in total. The van der Waals surface area contributed by atoms with E-state index in [4.69, 9.17) is 13.9 Å². The Morgan fingerprint density at radius 2 is 1.78 bits per heavy atom. The third-order valence-corrected chi connectivity index (χ3v) is 6.46. The number of ether oxygens (including phenoxy) is 2. The molecule has 4 rings (SSSR count). The molecule has 0 aliphatic rings. The quantitative estimate of drug-likeness (QED) is 0.247. The van der Waals surface area contributed by atoms with Crippen LogP contribution in [0.3, 0.4) is 0 Å². The van der Waals surface area contributed by atoms with Gasteiger partial charge in [-0.15, -0.1) is 0 Å². The highest BCUT2D eigenvalue weighted by molar-refractivity contribution is 6.06. The normalized spacial score (nSPS) is 11.5. The molecule has 1 heterocycles. The molecule has 0 spiro atoms. The number of allylic oxidation sites excluding steroid dienone is 1. The summed E-state index contributed by atoms with van der Waals surface area (Å²) in [6, 6.07) is 17.9. The van der Waals surface area contributed by atoms with E-state index >= 15 is 0 Å². The lowest BCUT2D eigenvalue weighted by atomic mass is 9.96.